The second-order valence-electron chi connectivity index (χ2n) is 4.81. The van der Waals surface area contributed by atoms with E-state index >= 15 is 0 Å². The van der Waals surface area contributed by atoms with Gasteiger partial charge in [0.25, 0.3) is 0 Å². The first-order chi connectivity index (χ1) is 7.65. The summed E-state index contributed by atoms with van der Waals surface area (Å²) in [5.41, 5.74) is 2.22. The number of aryl methyl sites for hydroxylation is 1. The summed E-state index contributed by atoms with van der Waals surface area (Å²) in [4.78, 5) is 0. The molecule has 0 aromatic heterocycles. The van der Waals surface area contributed by atoms with Gasteiger partial charge in [0.2, 0.25) is 0 Å². The molecule has 1 aromatic carbocycles. The van der Waals surface area contributed by atoms with Gasteiger partial charge in [-0.25, -0.2) is 0 Å². The van der Waals surface area contributed by atoms with E-state index in [0.29, 0.717) is 11.7 Å². The molecule has 2 heteroatoms. The zero-order chi connectivity index (χ0) is 12.0. The van der Waals surface area contributed by atoms with Gasteiger partial charge in [-0.2, -0.15) is 0 Å². The second kappa shape index (κ2) is 9.02. The van der Waals surface area contributed by atoms with Crippen molar-refractivity contribution in [2.45, 2.75) is 58.8 Å². The van der Waals surface area contributed by atoms with Crippen molar-refractivity contribution in [3.05, 3.63) is 29.3 Å². The van der Waals surface area contributed by atoms with Crippen LogP contribution in [0.25, 0.3) is 0 Å². The minimum absolute atomic E-state index is 0. The Bertz CT molecular complexity index is 323. The summed E-state index contributed by atoms with van der Waals surface area (Å²) in [5, 5.41) is 9.86. The Morgan fingerprint density at radius 3 is 2.47 bits per heavy atom. The first kappa shape index (κ1) is 17.0. The molecule has 17 heavy (non-hydrogen) atoms. The monoisotopic (exact) mass is 243 g/mol. The SMILES string of the molecule is CCCCCCC(C)c1ccc(C)cc1O.[Na]. The van der Waals surface area contributed by atoms with Crippen molar-refractivity contribution in [3.8, 4) is 5.75 Å². The molecule has 1 radical (unpaired) electrons. The second-order valence-corrected chi connectivity index (χ2v) is 4.81. The molecule has 1 atom stereocenters. The average Bonchev–Trinajstić information content (AvgIpc) is 2.24. The molecule has 0 aliphatic rings. The van der Waals surface area contributed by atoms with E-state index in [0.717, 1.165) is 11.1 Å². The van der Waals surface area contributed by atoms with Crippen molar-refractivity contribution in [1.82, 2.24) is 0 Å². The molecule has 91 valence electrons. The summed E-state index contributed by atoms with van der Waals surface area (Å²) in [6, 6.07) is 6.00. The largest absolute Gasteiger partial charge is 0.508 e. The van der Waals surface area contributed by atoms with E-state index in [9.17, 15) is 5.11 Å². The number of hydrogen-bond donors (Lipinski definition) is 1. The van der Waals surface area contributed by atoms with Gasteiger partial charge >= 0.3 is 0 Å². The summed E-state index contributed by atoms with van der Waals surface area (Å²) < 4.78 is 0. The molecule has 0 fully saturated rings. The molecule has 0 saturated heterocycles. The molecule has 1 unspecified atom stereocenters. The molecule has 0 aliphatic heterocycles. The van der Waals surface area contributed by atoms with Gasteiger partial charge in [-0.3, -0.25) is 0 Å². The molecule has 1 aromatic rings. The molecule has 0 aliphatic carbocycles. The predicted molar refractivity (Wildman–Crippen MR) is 75.8 cm³/mol. The fraction of sp³-hybridized carbons (Fsp3) is 0.600. The van der Waals surface area contributed by atoms with Crippen molar-refractivity contribution in [1.29, 1.82) is 0 Å². The van der Waals surface area contributed by atoms with Gasteiger partial charge in [0, 0.05) is 29.6 Å². The third-order valence-corrected chi connectivity index (χ3v) is 3.21. The van der Waals surface area contributed by atoms with E-state index in [1.165, 1.54) is 32.1 Å². The third kappa shape index (κ3) is 5.94. The Hall–Kier alpha value is 0.0200. The van der Waals surface area contributed by atoms with Gasteiger partial charge in [-0.05, 0) is 36.5 Å². The van der Waals surface area contributed by atoms with Gasteiger partial charge in [0.1, 0.15) is 5.75 Å². The predicted octanol–water partition coefficient (Wildman–Crippen LogP) is 4.39. The number of unbranched alkanes of at least 4 members (excludes halogenated alkanes) is 3. The summed E-state index contributed by atoms with van der Waals surface area (Å²) in [5.74, 6) is 0.931. The Balaban J connectivity index is 0.00000256. The van der Waals surface area contributed by atoms with Crippen LogP contribution >= 0.6 is 0 Å². The van der Waals surface area contributed by atoms with E-state index in [-0.39, 0.29) is 29.6 Å². The van der Waals surface area contributed by atoms with Gasteiger partial charge in [0.15, 0.2) is 0 Å². The zero-order valence-corrected chi connectivity index (χ0v) is 13.8. The maximum Gasteiger partial charge on any atom is 0.119 e. The fourth-order valence-corrected chi connectivity index (χ4v) is 2.10. The van der Waals surface area contributed by atoms with Crippen LogP contribution in [0.5, 0.6) is 5.75 Å². The van der Waals surface area contributed by atoms with Crippen LogP contribution in [0.4, 0.5) is 0 Å². The van der Waals surface area contributed by atoms with Gasteiger partial charge in [0.05, 0.1) is 0 Å². The van der Waals surface area contributed by atoms with Crippen LogP contribution < -0.4 is 0 Å². The van der Waals surface area contributed by atoms with Gasteiger partial charge < -0.3 is 5.11 Å². The van der Waals surface area contributed by atoms with Crippen LogP contribution in [0.1, 0.15) is 63.0 Å². The number of hydrogen-bond acceptors (Lipinski definition) is 1. The molecular weight excluding hydrogens is 219 g/mol. The van der Waals surface area contributed by atoms with Crippen LogP contribution in [-0.4, -0.2) is 34.7 Å². The third-order valence-electron chi connectivity index (χ3n) is 3.21. The number of rotatable bonds is 6. The smallest absolute Gasteiger partial charge is 0.119 e. The van der Waals surface area contributed by atoms with Crippen LogP contribution in [0.3, 0.4) is 0 Å². The molecule has 1 nitrogen and oxygen atoms in total. The van der Waals surface area contributed by atoms with Crippen LogP contribution in [0.15, 0.2) is 18.2 Å². The summed E-state index contributed by atoms with van der Waals surface area (Å²) in [6.07, 6.45) is 6.36. The molecule has 0 spiro atoms. The number of phenols is 1. The first-order valence-corrected chi connectivity index (χ1v) is 6.44. The van der Waals surface area contributed by atoms with E-state index in [2.05, 4.69) is 26.0 Å². The number of phenolic OH excluding ortho intramolecular Hbond substituents is 1. The standard InChI is InChI=1S/C15H24O.Na/c1-4-5-6-7-8-13(3)14-10-9-12(2)11-15(14)16;/h9-11,13,16H,4-8H2,1-3H3;. The minimum atomic E-state index is 0. The Kier molecular flexibility index (Phi) is 9.03. The Morgan fingerprint density at radius 1 is 1.18 bits per heavy atom. The fourth-order valence-electron chi connectivity index (χ4n) is 2.10. The Morgan fingerprint density at radius 2 is 1.88 bits per heavy atom. The molecule has 0 amide bonds. The molecule has 1 rings (SSSR count). The summed E-state index contributed by atoms with van der Waals surface area (Å²) >= 11 is 0. The summed E-state index contributed by atoms with van der Waals surface area (Å²) in [7, 11) is 0. The topological polar surface area (TPSA) is 20.2 Å². The Labute approximate surface area is 128 Å². The van der Waals surface area contributed by atoms with Crippen molar-refractivity contribution >= 4 is 29.6 Å². The van der Waals surface area contributed by atoms with Crippen LogP contribution in [0.2, 0.25) is 0 Å². The van der Waals surface area contributed by atoms with E-state index in [1.807, 2.05) is 13.0 Å². The summed E-state index contributed by atoms with van der Waals surface area (Å²) in [6.45, 7) is 6.45. The zero-order valence-electron chi connectivity index (χ0n) is 11.8. The molecule has 0 saturated carbocycles. The molecular formula is C15H24NaO. The van der Waals surface area contributed by atoms with Crippen molar-refractivity contribution < 1.29 is 5.11 Å². The van der Waals surface area contributed by atoms with Gasteiger partial charge in [-0.1, -0.05) is 51.7 Å². The number of aromatic hydroxyl groups is 1. The van der Waals surface area contributed by atoms with Gasteiger partial charge in [-0.15, -0.1) is 0 Å². The molecule has 0 bridgehead atoms. The first-order valence-electron chi connectivity index (χ1n) is 6.44. The van der Waals surface area contributed by atoms with Crippen molar-refractivity contribution in [2.75, 3.05) is 0 Å². The van der Waals surface area contributed by atoms with E-state index in [1.54, 1.807) is 0 Å². The molecule has 0 heterocycles. The normalized spacial score (nSPS) is 11.9. The molecule has 1 N–H and O–H groups in total. The van der Waals surface area contributed by atoms with E-state index < -0.39 is 0 Å². The van der Waals surface area contributed by atoms with E-state index in [4.69, 9.17) is 0 Å². The van der Waals surface area contributed by atoms with Crippen molar-refractivity contribution in [3.63, 3.8) is 0 Å². The van der Waals surface area contributed by atoms with Crippen LogP contribution in [0, 0.1) is 6.92 Å². The maximum atomic E-state index is 9.86. The number of benzene rings is 1. The van der Waals surface area contributed by atoms with Crippen molar-refractivity contribution in [2.24, 2.45) is 0 Å². The quantitative estimate of drug-likeness (QED) is 0.580. The minimum Gasteiger partial charge on any atom is -0.508 e. The maximum absolute atomic E-state index is 9.86. The average molecular weight is 243 g/mol. The van der Waals surface area contributed by atoms with Crippen LogP contribution in [-0.2, 0) is 0 Å².